The molecule has 0 fully saturated rings. The molecule has 0 aliphatic rings. The Morgan fingerprint density at radius 2 is 2.04 bits per heavy atom. The number of para-hydroxylation sites is 1. The van der Waals surface area contributed by atoms with Crippen molar-refractivity contribution in [1.29, 1.82) is 0 Å². The van der Waals surface area contributed by atoms with Gasteiger partial charge in [-0.25, -0.2) is 0 Å². The SMILES string of the molecule is C=CCOc1cccc(NC(=O)[C@H](C)Oc2ccccc2C)c1. The lowest BCUT2D eigenvalue weighted by Crippen LogP contribution is -2.30. The molecular formula is C19H21NO3. The predicted molar refractivity (Wildman–Crippen MR) is 92.0 cm³/mol. The van der Waals surface area contributed by atoms with Crippen molar-refractivity contribution in [3.63, 3.8) is 0 Å². The lowest BCUT2D eigenvalue weighted by Gasteiger charge is -2.16. The molecule has 1 N–H and O–H groups in total. The number of amides is 1. The number of carbonyl (C=O) groups is 1. The van der Waals surface area contributed by atoms with Gasteiger partial charge in [0.25, 0.3) is 5.91 Å². The van der Waals surface area contributed by atoms with Crippen molar-refractivity contribution in [2.45, 2.75) is 20.0 Å². The molecule has 120 valence electrons. The van der Waals surface area contributed by atoms with Crippen molar-refractivity contribution in [1.82, 2.24) is 0 Å². The molecule has 0 aliphatic heterocycles. The molecule has 2 aromatic rings. The molecule has 4 heteroatoms. The molecule has 0 spiro atoms. The smallest absolute Gasteiger partial charge is 0.265 e. The fourth-order valence-electron chi connectivity index (χ4n) is 2.00. The molecule has 0 heterocycles. The molecule has 1 atom stereocenters. The zero-order chi connectivity index (χ0) is 16.7. The number of hydrogen-bond donors (Lipinski definition) is 1. The van der Waals surface area contributed by atoms with Crippen LogP contribution in [-0.4, -0.2) is 18.6 Å². The van der Waals surface area contributed by atoms with E-state index in [-0.39, 0.29) is 5.91 Å². The minimum atomic E-state index is -0.603. The second kappa shape index (κ2) is 8.03. The molecule has 2 rings (SSSR count). The lowest BCUT2D eigenvalue weighted by molar-refractivity contribution is -0.122. The molecule has 4 nitrogen and oxygen atoms in total. The van der Waals surface area contributed by atoms with Crippen LogP contribution < -0.4 is 14.8 Å². The van der Waals surface area contributed by atoms with Gasteiger partial charge in [-0.2, -0.15) is 0 Å². The molecule has 23 heavy (non-hydrogen) atoms. The molecule has 0 aliphatic carbocycles. The number of ether oxygens (including phenoxy) is 2. The zero-order valence-electron chi connectivity index (χ0n) is 13.4. The van der Waals surface area contributed by atoms with Crippen molar-refractivity contribution in [2.75, 3.05) is 11.9 Å². The van der Waals surface area contributed by atoms with Gasteiger partial charge in [-0.3, -0.25) is 4.79 Å². The van der Waals surface area contributed by atoms with Crippen LogP contribution in [0.25, 0.3) is 0 Å². The highest BCUT2D eigenvalue weighted by atomic mass is 16.5. The van der Waals surface area contributed by atoms with Crippen LogP contribution in [0.2, 0.25) is 0 Å². The topological polar surface area (TPSA) is 47.6 Å². The number of rotatable bonds is 7. The maximum atomic E-state index is 12.3. The summed E-state index contributed by atoms with van der Waals surface area (Å²) in [5.41, 5.74) is 1.66. The fourth-order valence-corrected chi connectivity index (χ4v) is 2.00. The number of hydrogen-bond acceptors (Lipinski definition) is 3. The summed E-state index contributed by atoms with van der Waals surface area (Å²) in [6.45, 7) is 7.69. The number of carbonyl (C=O) groups excluding carboxylic acids is 1. The normalized spacial score (nSPS) is 11.4. The van der Waals surface area contributed by atoms with E-state index in [4.69, 9.17) is 9.47 Å². The van der Waals surface area contributed by atoms with Crippen molar-refractivity contribution < 1.29 is 14.3 Å². The third-order valence-electron chi connectivity index (χ3n) is 3.24. The van der Waals surface area contributed by atoms with Crippen LogP contribution in [-0.2, 0) is 4.79 Å². The van der Waals surface area contributed by atoms with Crippen LogP contribution in [0.1, 0.15) is 12.5 Å². The van der Waals surface area contributed by atoms with Crippen LogP contribution in [0, 0.1) is 6.92 Å². The van der Waals surface area contributed by atoms with Gasteiger partial charge >= 0.3 is 0 Å². The highest BCUT2D eigenvalue weighted by molar-refractivity contribution is 5.94. The highest BCUT2D eigenvalue weighted by Crippen LogP contribution is 2.20. The fraction of sp³-hybridized carbons (Fsp3) is 0.211. The first kappa shape index (κ1) is 16.6. The summed E-state index contributed by atoms with van der Waals surface area (Å²) in [7, 11) is 0. The second-order valence-corrected chi connectivity index (χ2v) is 5.14. The lowest BCUT2D eigenvalue weighted by atomic mass is 10.2. The summed E-state index contributed by atoms with van der Waals surface area (Å²) in [6.07, 6.45) is 1.07. The van der Waals surface area contributed by atoms with E-state index in [1.165, 1.54) is 0 Å². The van der Waals surface area contributed by atoms with Gasteiger partial charge in [-0.05, 0) is 37.6 Å². The number of benzene rings is 2. The minimum absolute atomic E-state index is 0.214. The van der Waals surface area contributed by atoms with E-state index in [0.717, 1.165) is 5.56 Å². The standard InChI is InChI=1S/C19H21NO3/c1-4-12-22-17-10-7-9-16(13-17)20-19(21)15(3)23-18-11-6-5-8-14(18)2/h4-11,13,15H,1,12H2,2-3H3,(H,20,21)/t15-/m0/s1. The summed E-state index contributed by atoms with van der Waals surface area (Å²) in [6, 6.07) is 14.8. The first-order chi connectivity index (χ1) is 11.1. The van der Waals surface area contributed by atoms with Crippen molar-refractivity contribution in [3.05, 3.63) is 66.7 Å². The van der Waals surface area contributed by atoms with E-state index in [1.807, 2.05) is 43.3 Å². The molecular weight excluding hydrogens is 290 g/mol. The van der Waals surface area contributed by atoms with Crippen molar-refractivity contribution >= 4 is 11.6 Å². The van der Waals surface area contributed by atoms with Crippen molar-refractivity contribution in [2.24, 2.45) is 0 Å². The highest BCUT2D eigenvalue weighted by Gasteiger charge is 2.15. The maximum absolute atomic E-state index is 12.3. The molecule has 0 unspecified atom stereocenters. The van der Waals surface area contributed by atoms with Gasteiger partial charge in [-0.15, -0.1) is 0 Å². The molecule has 0 aromatic heterocycles. The number of nitrogens with one attached hydrogen (secondary N) is 1. The third-order valence-corrected chi connectivity index (χ3v) is 3.24. The minimum Gasteiger partial charge on any atom is -0.489 e. The molecule has 0 saturated heterocycles. The van der Waals surface area contributed by atoms with E-state index >= 15 is 0 Å². The van der Waals surface area contributed by atoms with Gasteiger partial charge in [0.15, 0.2) is 6.10 Å². The Bertz CT molecular complexity index is 682. The van der Waals surface area contributed by atoms with Crippen LogP contribution in [0.15, 0.2) is 61.2 Å². The maximum Gasteiger partial charge on any atom is 0.265 e. The summed E-state index contributed by atoms with van der Waals surface area (Å²) in [5, 5.41) is 2.83. The Kier molecular flexibility index (Phi) is 5.80. The predicted octanol–water partition coefficient (Wildman–Crippen LogP) is 3.97. The molecule has 2 aromatic carbocycles. The Balaban J connectivity index is 1.98. The van der Waals surface area contributed by atoms with Gasteiger partial charge in [0.2, 0.25) is 0 Å². The Morgan fingerprint density at radius 3 is 2.78 bits per heavy atom. The van der Waals surface area contributed by atoms with Gasteiger partial charge < -0.3 is 14.8 Å². The number of aryl methyl sites for hydroxylation is 1. The van der Waals surface area contributed by atoms with Crippen LogP contribution in [0.5, 0.6) is 11.5 Å². The van der Waals surface area contributed by atoms with E-state index < -0.39 is 6.10 Å². The van der Waals surface area contributed by atoms with Gasteiger partial charge in [-0.1, -0.05) is 36.9 Å². The van der Waals surface area contributed by atoms with Crippen molar-refractivity contribution in [3.8, 4) is 11.5 Å². The largest absolute Gasteiger partial charge is 0.489 e. The molecule has 1 amide bonds. The Hall–Kier alpha value is -2.75. The first-order valence-electron chi connectivity index (χ1n) is 7.47. The van der Waals surface area contributed by atoms with Gasteiger partial charge in [0.1, 0.15) is 18.1 Å². The third kappa shape index (κ3) is 4.88. The Labute approximate surface area is 136 Å². The summed E-state index contributed by atoms with van der Waals surface area (Å²) in [5.74, 6) is 1.17. The van der Waals surface area contributed by atoms with Gasteiger partial charge in [0, 0.05) is 11.8 Å². The average Bonchev–Trinajstić information content (AvgIpc) is 2.55. The molecule has 0 saturated carbocycles. The second-order valence-electron chi connectivity index (χ2n) is 5.14. The van der Waals surface area contributed by atoms with Crippen LogP contribution in [0.4, 0.5) is 5.69 Å². The Morgan fingerprint density at radius 1 is 1.26 bits per heavy atom. The van der Waals surface area contributed by atoms with E-state index in [2.05, 4.69) is 11.9 Å². The monoisotopic (exact) mass is 311 g/mol. The molecule has 0 bridgehead atoms. The zero-order valence-corrected chi connectivity index (χ0v) is 13.4. The quantitative estimate of drug-likeness (QED) is 0.787. The van der Waals surface area contributed by atoms with Crippen LogP contribution >= 0.6 is 0 Å². The summed E-state index contributed by atoms with van der Waals surface area (Å²) < 4.78 is 11.2. The van der Waals surface area contributed by atoms with E-state index in [1.54, 1.807) is 25.1 Å². The number of anilines is 1. The molecule has 0 radical (unpaired) electrons. The summed E-state index contributed by atoms with van der Waals surface area (Å²) in [4.78, 5) is 12.3. The van der Waals surface area contributed by atoms with Gasteiger partial charge in [0.05, 0.1) is 0 Å². The summed E-state index contributed by atoms with van der Waals surface area (Å²) >= 11 is 0. The average molecular weight is 311 g/mol. The van der Waals surface area contributed by atoms with Crippen LogP contribution in [0.3, 0.4) is 0 Å². The van der Waals surface area contributed by atoms with E-state index in [0.29, 0.717) is 23.8 Å². The van der Waals surface area contributed by atoms with E-state index in [9.17, 15) is 4.79 Å². The first-order valence-corrected chi connectivity index (χ1v) is 7.47.